The first-order valence-corrected chi connectivity index (χ1v) is 10.5. The van der Waals surface area contributed by atoms with Crippen LogP contribution in [0, 0.1) is 3.57 Å². The molecular formula is C21H20IN5O3. The Labute approximate surface area is 187 Å². The van der Waals surface area contributed by atoms with Gasteiger partial charge in [-0.1, -0.05) is 6.07 Å². The standard InChI is InChI=1S/C21H20IN5O3/c22-18-11-15(1-6-19(18)26-7-9-27(10-8-26)21(28)29)12-24-25-17-4-2-16(3-5-17)20-13-23-14-30-20/h1-6,11-14,25H,7-10H2,(H,28,29)/b24-12+. The summed E-state index contributed by atoms with van der Waals surface area (Å²) in [6, 6.07) is 13.9. The van der Waals surface area contributed by atoms with Crippen molar-refractivity contribution in [2.45, 2.75) is 0 Å². The number of piperazine rings is 1. The molecule has 1 saturated heterocycles. The van der Waals surface area contributed by atoms with Crippen molar-refractivity contribution in [3.8, 4) is 11.3 Å². The number of benzene rings is 2. The number of aromatic nitrogens is 1. The molecule has 1 aromatic heterocycles. The van der Waals surface area contributed by atoms with E-state index in [1.54, 1.807) is 12.4 Å². The van der Waals surface area contributed by atoms with Crippen molar-refractivity contribution < 1.29 is 14.3 Å². The average Bonchev–Trinajstić information content (AvgIpc) is 3.29. The molecule has 2 N–H and O–H groups in total. The number of carbonyl (C=O) groups is 1. The number of hydrogen-bond donors (Lipinski definition) is 2. The molecule has 0 bridgehead atoms. The lowest BCUT2D eigenvalue weighted by Gasteiger charge is -2.35. The fourth-order valence-corrected chi connectivity index (χ4v) is 4.13. The van der Waals surface area contributed by atoms with Gasteiger partial charge in [-0.15, -0.1) is 0 Å². The summed E-state index contributed by atoms with van der Waals surface area (Å²) in [6.45, 7) is 2.43. The molecule has 0 unspecified atom stereocenters. The molecule has 1 aliphatic rings. The molecule has 0 saturated carbocycles. The molecule has 0 radical (unpaired) electrons. The van der Waals surface area contributed by atoms with E-state index in [4.69, 9.17) is 9.52 Å². The lowest BCUT2D eigenvalue weighted by molar-refractivity contribution is 0.142. The number of carboxylic acid groups (broad SMARTS) is 1. The van der Waals surface area contributed by atoms with E-state index >= 15 is 0 Å². The number of hydrogen-bond acceptors (Lipinski definition) is 6. The van der Waals surface area contributed by atoms with Gasteiger partial charge in [-0.3, -0.25) is 5.43 Å². The fourth-order valence-electron chi connectivity index (χ4n) is 3.25. The maximum Gasteiger partial charge on any atom is 0.407 e. The summed E-state index contributed by atoms with van der Waals surface area (Å²) < 4.78 is 6.39. The van der Waals surface area contributed by atoms with Gasteiger partial charge in [0.05, 0.1) is 23.8 Å². The highest BCUT2D eigenvalue weighted by atomic mass is 127. The molecular weight excluding hydrogens is 497 g/mol. The molecule has 0 spiro atoms. The summed E-state index contributed by atoms with van der Waals surface area (Å²) in [5, 5.41) is 13.4. The van der Waals surface area contributed by atoms with Crippen molar-refractivity contribution in [1.29, 1.82) is 0 Å². The highest BCUT2D eigenvalue weighted by Gasteiger charge is 2.21. The number of hydrazone groups is 1. The smallest absolute Gasteiger partial charge is 0.407 e. The second-order valence-electron chi connectivity index (χ2n) is 6.78. The first kappa shape index (κ1) is 20.2. The van der Waals surface area contributed by atoms with Crippen molar-refractivity contribution in [1.82, 2.24) is 9.88 Å². The molecule has 1 fully saturated rings. The van der Waals surface area contributed by atoms with Crippen molar-refractivity contribution in [2.75, 3.05) is 36.5 Å². The fraction of sp³-hybridized carbons (Fsp3) is 0.190. The second-order valence-corrected chi connectivity index (χ2v) is 7.94. The molecule has 1 aliphatic heterocycles. The monoisotopic (exact) mass is 517 g/mol. The third-order valence-electron chi connectivity index (χ3n) is 4.87. The number of anilines is 2. The van der Waals surface area contributed by atoms with Crippen LogP contribution in [0.3, 0.4) is 0 Å². The van der Waals surface area contributed by atoms with Gasteiger partial charge in [0, 0.05) is 35.3 Å². The zero-order valence-corrected chi connectivity index (χ0v) is 18.2. The van der Waals surface area contributed by atoms with Crippen molar-refractivity contribution in [3.63, 3.8) is 0 Å². The maximum absolute atomic E-state index is 11.1. The Morgan fingerprint density at radius 3 is 2.57 bits per heavy atom. The predicted octanol–water partition coefficient (Wildman–Crippen LogP) is 4.19. The highest BCUT2D eigenvalue weighted by molar-refractivity contribution is 14.1. The minimum absolute atomic E-state index is 0.522. The minimum atomic E-state index is -0.851. The van der Waals surface area contributed by atoms with Crippen LogP contribution in [0.1, 0.15) is 5.56 Å². The van der Waals surface area contributed by atoms with Crippen LogP contribution in [0.4, 0.5) is 16.2 Å². The zero-order chi connectivity index (χ0) is 20.9. The molecule has 4 rings (SSSR count). The molecule has 30 heavy (non-hydrogen) atoms. The van der Waals surface area contributed by atoms with E-state index in [1.165, 1.54) is 11.3 Å². The molecule has 1 amide bonds. The molecule has 8 nitrogen and oxygen atoms in total. The van der Waals surface area contributed by atoms with Crippen LogP contribution in [0.25, 0.3) is 11.3 Å². The van der Waals surface area contributed by atoms with Crippen LogP contribution in [0.15, 0.2) is 64.6 Å². The van der Waals surface area contributed by atoms with Gasteiger partial charge in [-0.05, 0) is 64.6 Å². The first-order chi connectivity index (χ1) is 14.6. The van der Waals surface area contributed by atoms with E-state index in [9.17, 15) is 4.79 Å². The quantitative estimate of drug-likeness (QED) is 0.300. The van der Waals surface area contributed by atoms with Crippen molar-refractivity contribution >= 4 is 46.3 Å². The van der Waals surface area contributed by atoms with Crippen LogP contribution in [-0.2, 0) is 0 Å². The Morgan fingerprint density at radius 2 is 1.93 bits per heavy atom. The van der Waals surface area contributed by atoms with Gasteiger partial charge >= 0.3 is 6.09 Å². The summed E-state index contributed by atoms with van der Waals surface area (Å²) in [5.74, 6) is 0.726. The lowest BCUT2D eigenvalue weighted by Crippen LogP contribution is -2.48. The van der Waals surface area contributed by atoms with Crippen molar-refractivity contribution in [2.24, 2.45) is 5.10 Å². The van der Waals surface area contributed by atoms with Gasteiger partial charge in [0.15, 0.2) is 12.2 Å². The third kappa shape index (κ3) is 4.73. The van der Waals surface area contributed by atoms with E-state index in [0.717, 1.165) is 31.8 Å². The van der Waals surface area contributed by atoms with Gasteiger partial charge in [0.2, 0.25) is 0 Å². The Balaban J connectivity index is 1.35. The van der Waals surface area contributed by atoms with Gasteiger partial charge in [0.25, 0.3) is 0 Å². The van der Waals surface area contributed by atoms with E-state index in [1.807, 2.05) is 30.3 Å². The Hall–Kier alpha value is -3.08. The van der Waals surface area contributed by atoms with Gasteiger partial charge < -0.3 is 19.3 Å². The zero-order valence-electron chi connectivity index (χ0n) is 16.0. The third-order valence-corrected chi connectivity index (χ3v) is 5.74. The Morgan fingerprint density at radius 1 is 1.17 bits per heavy atom. The number of halogens is 1. The Bertz CT molecular complexity index is 1030. The Kier molecular flexibility index (Phi) is 6.17. The van der Waals surface area contributed by atoms with Crippen LogP contribution >= 0.6 is 22.6 Å². The van der Waals surface area contributed by atoms with Crippen LogP contribution < -0.4 is 10.3 Å². The van der Waals surface area contributed by atoms with E-state index in [2.05, 4.69) is 55.1 Å². The average molecular weight is 517 g/mol. The summed E-state index contributed by atoms with van der Waals surface area (Å²) in [5.41, 5.74) is 6.96. The summed E-state index contributed by atoms with van der Waals surface area (Å²) in [7, 11) is 0. The molecule has 0 aliphatic carbocycles. The molecule has 2 aromatic carbocycles. The number of oxazole rings is 1. The number of rotatable bonds is 5. The normalized spacial score (nSPS) is 14.3. The largest absolute Gasteiger partial charge is 0.465 e. The van der Waals surface area contributed by atoms with Crippen LogP contribution in [-0.4, -0.2) is 53.5 Å². The van der Waals surface area contributed by atoms with E-state index in [0.29, 0.717) is 26.2 Å². The summed E-state index contributed by atoms with van der Waals surface area (Å²) in [4.78, 5) is 18.7. The topological polar surface area (TPSA) is 94.2 Å². The predicted molar refractivity (Wildman–Crippen MR) is 124 cm³/mol. The summed E-state index contributed by atoms with van der Waals surface area (Å²) >= 11 is 2.31. The lowest BCUT2D eigenvalue weighted by atomic mass is 10.2. The second kappa shape index (κ2) is 9.16. The number of nitrogens with one attached hydrogen (secondary N) is 1. The molecule has 9 heteroatoms. The van der Waals surface area contributed by atoms with Gasteiger partial charge in [-0.25, -0.2) is 9.78 Å². The van der Waals surface area contributed by atoms with E-state index < -0.39 is 6.09 Å². The first-order valence-electron chi connectivity index (χ1n) is 9.40. The van der Waals surface area contributed by atoms with Crippen molar-refractivity contribution in [3.05, 3.63) is 64.2 Å². The maximum atomic E-state index is 11.1. The molecule has 154 valence electrons. The molecule has 0 atom stereocenters. The van der Waals surface area contributed by atoms with Gasteiger partial charge in [-0.2, -0.15) is 5.10 Å². The minimum Gasteiger partial charge on any atom is -0.465 e. The number of nitrogens with zero attached hydrogens (tertiary/aromatic N) is 4. The van der Waals surface area contributed by atoms with Gasteiger partial charge in [0.1, 0.15) is 0 Å². The van der Waals surface area contributed by atoms with Crippen LogP contribution in [0.2, 0.25) is 0 Å². The highest BCUT2D eigenvalue weighted by Crippen LogP contribution is 2.25. The SMILES string of the molecule is O=C(O)N1CCN(c2ccc(/C=N/Nc3ccc(-c4cnco4)cc3)cc2I)CC1. The number of amides is 1. The van der Waals surface area contributed by atoms with E-state index in [-0.39, 0.29) is 0 Å². The van der Waals surface area contributed by atoms with Crippen LogP contribution in [0.5, 0.6) is 0 Å². The summed E-state index contributed by atoms with van der Waals surface area (Å²) in [6.07, 6.45) is 4.02. The molecule has 3 aromatic rings. The molecule has 2 heterocycles.